The second-order valence-corrected chi connectivity index (χ2v) is 7.39. The number of hydrogen-bond donors (Lipinski definition) is 1. The number of fused-ring (bicyclic) bond motifs is 1. The van der Waals surface area contributed by atoms with E-state index in [0.29, 0.717) is 27.0 Å². The van der Waals surface area contributed by atoms with Crippen LogP contribution in [0.15, 0.2) is 60.9 Å². The van der Waals surface area contributed by atoms with Crippen molar-refractivity contribution in [2.24, 2.45) is 7.05 Å². The van der Waals surface area contributed by atoms with E-state index >= 15 is 0 Å². The maximum atomic E-state index is 12.6. The lowest BCUT2D eigenvalue weighted by molar-refractivity contribution is 0.102. The summed E-state index contributed by atoms with van der Waals surface area (Å²) in [5.41, 5.74) is 1.09. The van der Waals surface area contributed by atoms with Crippen LogP contribution in [0, 0.1) is 0 Å². The van der Waals surface area contributed by atoms with Gasteiger partial charge in [-0.2, -0.15) is 0 Å². The van der Waals surface area contributed by atoms with Gasteiger partial charge in [0, 0.05) is 40.8 Å². The summed E-state index contributed by atoms with van der Waals surface area (Å²) >= 11 is 7.70. The van der Waals surface area contributed by atoms with Crippen molar-refractivity contribution in [3.8, 4) is 0 Å². The number of anilines is 1. The van der Waals surface area contributed by atoms with Crippen molar-refractivity contribution in [3.63, 3.8) is 0 Å². The standard InChI is InChI=1S/C20H14ClN3O2S/c1-24-11-10-22-19(24)17(25)12-6-8-13(9-7-12)23-20(26)18-16(21)14-4-2-3-5-15(14)27-18/h2-11H,1H3,(H,23,26). The second kappa shape index (κ2) is 6.98. The van der Waals surface area contributed by atoms with Crippen molar-refractivity contribution in [3.05, 3.63) is 82.2 Å². The number of ketones is 1. The number of hydrogen-bond acceptors (Lipinski definition) is 4. The topological polar surface area (TPSA) is 64.0 Å². The van der Waals surface area contributed by atoms with Crippen LogP contribution in [0.25, 0.3) is 10.1 Å². The molecule has 0 bridgehead atoms. The van der Waals surface area contributed by atoms with E-state index in [0.717, 1.165) is 10.1 Å². The number of imidazole rings is 1. The van der Waals surface area contributed by atoms with Gasteiger partial charge in [-0.25, -0.2) is 4.98 Å². The van der Waals surface area contributed by atoms with Crippen LogP contribution in [0.5, 0.6) is 0 Å². The first kappa shape index (κ1) is 17.5. The SMILES string of the molecule is Cn1ccnc1C(=O)c1ccc(NC(=O)c2sc3ccccc3c2Cl)cc1. The first-order valence-corrected chi connectivity index (χ1v) is 9.34. The highest BCUT2D eigenvalue weighted by atomic mass is 35.5. The Kier molecular flexibility index (Phi) is 4.51. The number of nitrogens with one attached hydrogen (secondary N) is 1. The quantitative estimate of drug-likeness (QED) is 0.506. The zero-order valence-electron chi connectivity index (χ0n) is 14.3. The molecule has 0 unspecified atom stereocenters. The van der Waals surface area contributed by atoms with Crippen LogP contribution in [0.4, 0.5) is 5.69 Å². The van der Waals surface area contributed by atoms with E-state index in [1.807, 2.05) is 24.3 Å². The molecule has 134 valence electrons. The molecule has 2 heterocycles. The van der Waals surface area contributed by atoms with E-state index in [1.54, 1.807) is 48.3 Å². The summed E-state index contributed by atoms with van der Waals surface area (Å²) < 4.78 is 2.63. The molecule has 0 saturated heterocycles. The normalized spacial score (nSPS) is 10.9. The number of carbonyl (C=O) groups excluding carboxylic acids is 2. The highest BCUT2D eigenvalue weighted by Crippen LogP contribution is 2.35. The van der Waals surface area contributed by atoms with Gasteiger partial charge in [0.25, 0.3) is 5.91 Å². The number of nitrogens with zero attached hydrogens (tertiary/aromatic N) is 2. The summed E-state index contributed by atoms with van der Waals surface area (Å²) in [7, 11) is 1.77. The largest absolute Gasteiger partial charge is 0.331 e. The third-order valence-corrected chi connectivity index (χ3v) is 5.84. The van der Waals surface area contributed by atoms with Crippen molar-refractivity contribution < 1.29 is 9.59 Å². The van der Waals surface area contributed by atoms with Crippen LogP contribution in [0.2, 0.25) is 5.02 Å². The fraction of sp³-hybridized carbons (Fsp3) is 0.0500. The van der Waals surface area contributed by atoms with Crippen LogP contribution in [-0.4, -0.2) is 21.2 Å². The second-order valence-electron chi connectivity index (χ2n) is 5.96. The number of carbonyl (C=O) groups is 2. The lowest BCUT2D eigenvalue weighted by Gasteiger charge is -2.06. The Morgan fingerprint density at radius 3 is 2.52 bits per heavy atom. The van der Waals surface area contributed by atoms with Gasteiger partial charge >= 0.3 is 0 Å². The fourth-order valence-corrected chi connectivity index (χ4v) is 4.18. The molecular weight excluding hydrogens is 382 g/mol. The van der Waals surface area contributed by atoms with Gasteiger partial charge in [0.15, 0.2) is 5.82 Å². The molecule has 5 nitrogen and oxygen atoms in total. The minimum absolute atomic E-state index is 0.173. The predicted octanol–water partition coefficient (Wildman–Crippen LogP) is 4.77. The lowest BCUT2D eigenvalue weighted by atomic mass is 10.1. The molecule has 0 atom stereocenters. The maximum absolute atomic E-state index is 12.6. The maximum Gasteiger partial charge on any atom is 0.267 e. The number of rotatable bonds is 4. The average molecular weight is 396 g/mol. The van der Waals surface area contributed by atoms with Gasteiger partial charge < -0.3 is 9.88 Å². The van der Waals surface area contributed by atoms with Gasteiger partial charge in [0.2, 0.25) is 5.78 Å². The molecule has 4 aromatic rings. The molecule has 2 aromatic heterocycles. The molecule has 0 aliphatic heterocycles. The number of thiophene rings is 1. The molecule has 0 saturated carbocycles. The molecule has 4 rings (SSSR count). The zero-order chi connectivity index (χ0) is 19.0. The Bertz CT molecular complexity index is 1160. The number of aromatic nitrogens is 2. The molecule has 2 aromatic carbocycles. The van der Waals surface area contributed by atoms with Crippen LogP contribution >= 0.6 is 22.9 Å². The van der Waals surface area contributed by atoms with Crippen molar-refractivity contribution in [1.82, 2.24) is 9.55 Å². The van der Waals surface area contributed by atoms with Crippen molar-refractivity contribution in [2.45, 2.75) is 0 Å². The van der Waals surface area contributed by atoms with Crippen LogP contribution in [0.3, 0.4) is 0 Å². The first-order valence-electron chi connectivity index (χ1n) is 8.15. The number of aryl methyl sites for hydroxylation is 1. The molecule has 7 heteroatoms. The molecule has 0 radical (unpaired) electrons. The number of benzene rings is 2. The molecule has 0 aliphatic carbocycles. The molecule has 0 aliphatic rings. The van der Waals surface area contributed by atoms with Gasteiger partial charge in [-0.05, 0) is 30.3 Å². The Morgan fingerprint density at radius 1 is 1.11 bits per heavy atom. The van der Waals surface area contributed by atoms with Gasteiger partial charge in [0.05, 0.1) is 5.02 Å². The van der Waals surface area contributed by atoms with Gasteiger partial charge in [-0.1, -0.05) is 29.8 Å². The molecule has 1 N–H and O–H groups in total. The van der Waals surface area contributed by atoms with Crippen molar-refractivity contribution in [2.75, 3.05) is 5.32 Å². The molecule has 27 heavy (non-hydrogen) atoms. The van der Waals surface area contributed by atoms with E-state index in [4.69, 9.17) is 11.6 Å². The third kappa shape index (κ3) is 3.25. The molecule has 0 fully saturated rings. The minimum Gasteiger partial charge on any atom is -0.331 e. The molecule has 0 spiro atoms. The predicted molar refractivity (Wildman–Crippen MR) is 108 cm³/mol. The van der Waals surface area contributed by atoms with E-state index in [2.05, 4.69) is 10.3 Å². The van der Waals surface area contributed by atoms with E-state index in [9.17, 15) is 9.59 Å². The monoisotopic (exact) mass is 395 g/mol. The summed E-state index contributed by atoms with van der Waals surface area (Å²) in [6, 6.07) is 14.3. The van der Waals surface area contributed by atoms with Crippen LogP contribution < -0.4 is 5.32 Å². The number of amides is 1. The zero-order valence-corrected chi connectivity index (χ0v) is 15.8. The third-order valence-electron chi connectivity index (χ3n) is 4.17. The lowest BCUT2D eigenvalue weighted by Crippen LogP contribution is -2.11. The Labute approximate surface area is 164 Å². The smallest absolute Gasteiger partial charge is 0.267 e. The summed E-state index contributed by atoms with van der Waals surface area (Å²) in [6.45, 7) is 0. The highest BCUT2D eigenvalue weighted by molar-refractivity contribution is 7.21. The van der Waals surface area contributed by atoms with E-state index in [-0.39, 0.29) is 11.7 Å². The van der Waals surface area contributed by atoms with Crippen molar-refractivity contribution in [1.29, 1.82) is 0 Å². The Balaban J connectivity index is 1.54. The molecular formula is C20H14ClN3O2S. The summed E-state index contributed by atoms with van der Waals surface area (Å²) in [5.74, 6) is -0.0823. The highest BCUT2D eigenvalue weighted by Gasteiger charge is 2.18. The Hall–Kier alpha value is -2.96. The van der Waals surface area contributed by atoms with Gasteiger partial charge in [-0.15, -0.1) is 11.3 Å². The fourth-order valence-electron chi connectivity index (χ4n) is 2.77. The van der Waals surface area contributed by atoms with Crippen LogP contribution in [-0.2, 0) is 7.05 Å². The van der Waals surface area contributed by atoms with Gasteiger partial charge in [-0.3, -0.25) is 9.59 Å². The van der Waals surface area contributed by atoms with Crippen molar-refractivity contribution >= 4 is 50.4 Å². The summed E-state index contributed by atoms with van der Waals surface area (Å²) in [5, 5.41) is 4.15. The van der Waals surface area contributed by atoms with Gasteiger partial charge in [0.1, 0.15) is 4.88 Å². The first-order chi connectivity index (χ1) is 13.0. The minimum atomic E-state index is -0.274. The number of halogens is 1. The molecule has 1 amide bonds. The van der Waals surface area contributed by atoms with E-state index in [1.165, 1.54) is 11.3 Å². The summed E-state index contributed by atoms with van der Waals surface area (Å²) in [6.07, 6.45) is 3.30. The summed E-state index contributed by atoms with van der Waals surface area (Å²) in [4.78, 5) is 29.6. The van der Waals surface area contributed by atoms with Crippen LogP contribution in [0.1, 0.15) is 25.9 Å². The van der Waals surface area contributed by atoms with E-state index < -0.39 is 0 Å². The average Bonchev–Trinajstić information content (AvgIpc) is 3.25. The Morgan fingerprint density at radius 2 is 1.85 bits per heavy atom.